The van der Waals surface area contributed by atoms with Crippen molar-refractivity contribution in [3.05, 3.63) is 66.3 Å². The second-order valence-electron chi connectivity index (χ2n) is 7.74. The smallest absolute Gasteiger partial charge is 0.422 e. The molecule has 0 aliphatic heterocycles. The number of halogens is 5. The fourth-order valence-electron chi connectivity index (χ4n) is 3.73. The van der Waals surface area contributed by atoms with Gasteiger partial charge in [0.05, 0.1) is 6.61 Å². The largest absolute Gasteiger partial charge is 0.459 e. The third kappa shape index (κ3) is 3.99. The van der Waals surface area contributed by atoms with Crippen LogP contribution in [0.4, 0.5) is 22.0 Å². The quantitative estimate of drug-likeness (QED) is 0.296. The molecule has 0 bridgehead atoms. The van der Waals surface area contributed by atoms with Crippen LogP contribution in [0.3, 0.4) is 0 Å². The molecule has 0 saturated heterocycles. The van der Waals surface area contributed by atoms with Gasteiger partial charge in [-0.15, -0.1) is 10.2 Å². The van der Waals surface area contributed by atoms with E-state index in [2.05, 4.69) is 20.2 Å². The lowest BCUT2D eigenvalue weighted by atomic mass is 9.98. The zero-order chi connectivity index (χ0) is 24.8. The summed E-state index contributed by atoms with van der Waals surface area (Å²) < 4.78 is 80.2. The summed E-state index contributed by atoms with van der Waals surface area (Å²) >= 11 is 0. The Labute approximate surface area is 194 Å². The molecule has 180 valence electrons. The number of pyridine rings is 2. The molecule has 0 spiro atoms. The Morgan fingerprint density at radius 1 is 1.00 bits per heavy atom. The monoisotopic (exact) mass is 489 g/mol. The Bertz CT molecular complexity index is 1500. The Kier molecular flexibility index (Phi) is 5.47. The van der Waals surface area contributed by atoms with Crippen molar-refractivity contribution in [3.63, 3.8) is 0 Å². The lowest BCUT2D eigenvalue weighted by Gasteiger charge is -2.21. The number of imidazole rings is 1. The lowest BCUT2D eigenvalue weighted by Crippen LogP contribution is -2.34. The summed E-state index contributed by atoms with van der Waals surface area (Å²) in [5, 5.41) is 7.68. The Morgan fingerprint density at radius 3 is 2.43 bits per heavy atom. The van der Waals surface area contributed by atoms with Crippen LogP contribution in [0.5, 0.6) is 0 Å². The maximum atomic E-state index is 14.5. The van der Waals surface area contributed by atoms with Crippen LogP contribution in [0.25, 0.3) is 39.4 Å². The van der Waals surface area contributed by atoms with Crippen molar-refractivity contribution >= 4 is 16.7 Å². The summed E-state index contributed by atoms with van der Waals surface area (Å²) in [7, 11) is 1.57. The molecular weight excluding hydrogens is 473 g/mol. The second-order valence-corrected chi connectivity index (χ2v) is 7.74. The molecule has 0 radical (unpaired) electrons. The van der Waals surface area contributed by atoms with Gasteiger partial charge >= 0.3 is 12.1 Å². The van der Waals surface area contributed by atoms with E-state index in [-0.39, 0.29) is 28.4 Å². The van der Waals surface area contributed by atoms with E-state index in [1.165, 1.54) is 10.6 Å². The van der Waals surface area contributed by atoms with E-state index in [1.54, 1.807) is 43.5 Å². The van der Waals surface area contributed by atoms with Crippen LogP contribution in [0, 0.1) is 0 Å². The molecule has 35 heavy (non-hydrogen) atoms. The normalized spacial score (nSPS) is 12.6. The van der Waals surface area contributed by atoms with E-state index >= 15 is 0 Å². The van der Waals surface area contributed by atoms with Gasteiger partial charge in [-0.25, -0.2) is 9.97 Å². The van der Waals surface area contributed by atoms with Crippen LogP contribution in [0.1, 0.15) is 11.3 Å². The van der Waals surface area contributed by atoms with Gasteiger partial charge in [-0.2, -0.15) is 22.0 Å². The number of aromatic nitrogens is 5. The molecule has 1 aromatic carbocycles. The van der Waals surface area contributed by atoms with E-state index in [9.17, 15) is 22.0 Å². The summed E-state index contributed by atoms with van der Waals surface area (Å²) in [5.74, 6) is -5.11. The van der Waals surface area contributed by atoms with Crippen molar-refractivity contribution in [1.82, 2.24) is 24.6 Å². The van der Waals surface area contributed by atoms with Crippen molar-refractivity contribution < 1.29 is 31.1 Å². The maximum absolute atomic E-state index is 14.5. The Balaban J connectivity index is 1.75. The van der Waals surface area contributed by atoms with Gasteiger partial charge in [-0.05, 0) is 41.3 Å². The van der Waals surface area contributed by atoms with Gasteiger partial charge in [0.25, 0.3) is 5.89 Å². The fourth-order valence-corrected chi connectivity index (χ4v) is 3.73. The highest BCUT2D eigenvalue weighted by Crippen LogP contribution is 2.45. The van der Waals surface area contributed by atoms with Crippen molar-refractivity contribution in [2.75, 3.05) is 13.7 Å². The first kappa shape index (κ1) is 22.8. The van der Waals surface area contributed by atoms with Crippen LogP contribution in [0.15, 0.2) is 59.5 Å². The van der Waals surface area contributed by atoms with E-state index in [0.717, 1.165) is 18.0 Å². The average molecular weight is 489 g/mol. The summed E-state index contributed by atoms with van der Waals surface area (Å²) in [6.07, 6.45) is -2.72. The van der Waals surface area contributed by atoms with Crippen molar-refractivity contribution in [3.8, 4) is 22.7 Å². The molecule has 0 saturated carbocycles. The van der Waals surface area contributed by atoms with Gasteiger partial charge in [0.15, 0.2) is 0 Å². The molecule has 12 heteroatoms. The molecule has 4 heterocycles. The number of alkyl halides is 5. The number of rotatable bonds is 6. The molecule has 0 N–H and O–H groups in total. The van der Waals surface area contributed by atoms with Gasteiger partial charge < -0.3 is 9.15 Å². The number of hydrogen-bond donors (Lipinski definition) is 0. The highest BCUT2D eigenvalue weighted by Gasteiger charge is 2.60. The number of benzene rings is 1. The van der Waals surface area contributed by atoms with Gasteiger partial charge in [0, 0.05) is 18.7 Å². The Hall–Kier alpha value is -3.93. The highest BCUT2D eigenvalue weighted by atomic mass is 19.4. The van der Waals surface area contributed by atoms with Gasteiger partial charge in [0.2, 0.25) is 6.39 Å². The van der Waals surface area contributed by atoms with Crippen LogP contribution in [0.2, 0.25) is 0 Å². The molecule has 0 aliphatic carbocycles. The minimum Gasteiger partial charge on any atom is -0.422 e. The van der Waals surface area contributed by atoms with E-state index < -0.39 is 17.8 Å². The van der Waals surface area contributed by atoms with Crippen LogP contribution >= 0.6 is 0 Å². The molecule has 4 aromatic heterocycles. The number of methoxy groups -OCH3 is 1. The average Bonchev–Trinajstić information content (AvgIpc) is 3.51. The van der Waals surface area contributed by atoms with Crippen LogP contribution in [-0.4, -0.2) is 44.5 Å². The standard InChI is InChI=1S/C23H16F5N5O2/c1-34-9-8-13-2-4-14(5-3-13)16-10-18(22(24,25)23(26,27)28)31-20-15(16)6-7-19-30-17(11-33(19)20)21-32-29-12-35-21/h2-7,10-12H,8-9H2,1H3. The molecule has 0 aliphatic rings. The minimum atomic E-state index is -5.83. The third-order valence-corrected chi connectivity index (χ3v) is 5.52. The van der Waals surface area contributed by atoms with E-state index in [1.807, 2.05) is 0 Å². The number of hydrogen-bond acceptors (Lipinski definition) is 6. The van der Waals surface area contributed by atoms with Gasteiger partial charge in [0.1, 0.15) is 22.7 Å². The highest BCUT2D eigenvalue weighted by molar-refractivity contribution is 5.94. The first-order valence-electron chi connectivity index (χ1n) is 10.3. The van der Waals surface area contributed by atoms with E-state index in [0.29, 0.717) is 24.0 Å². The molecule has 5 aromatic rings. The van der Waals surface area contributed by atoms with E-state index in [4.69, 9.17) is 9.15 Å². The minimum absolute atomic E-state index is 0.0606. The number of ether oxygens (including phenoxy) is 1. The summed E-state index contributed by atoms with van der Waals surface area (Å²) in [6, 6.07) is 10.8. The fraction of sp³-hybridized carbons (Fsp3) is 0.217. The maximum Gasteiger partial charge on any atom is 0.459 e. The molecule has 5 rings (SSSR count). The molecule has 0 unspecified atom stereocenters. The van der Waals surface area contributed by atoms with Crippen molar-refractivity contribution in [1.29, 1.82) is 0 Å². The van der Waals surface area contributed by atoms with Crippen molar-refractivity contribution in [2.24, 2.45) is 0 Å². The predicted molar refractivity (Wildman–Crippen MR) is 115 cm³/mol. The van der Waals surface area contributed by atoms with Crippen LogP contribution in [-0.2, 0) is 17.1 Å². The second kappa shape index (κ2) is 8.38. The molecule has 0 atom stereocenters. The molecule has 0 fully saturated rings. The van der Waals surface area contributed by atoms with Gasteiger partial charge in [-0.1, -0.05) is 24.3 Å². The summed E-state index contributed by atoms with van der Waals surface area (Å²) in [4.78, 5) is 8.04. The molecular formula is C23H16F5N5O2. The topological polar surface area (TPSA) is 78.3 Å². The van der Waals surface area contributed by atoms with Crippen molar-refractivity contribution in [2.45, 2.75) is 18.5 Å². The Morgan fingerprint density at radius 2 is 1.77 bits per heavy atom. The predicted octanol–water partition coefficient (Wildman–Crippen LogP) is 5.44. The zero-order valence-corrected chi connectivity index (χ0v) is 18.1. The van der Waals surface area contributed by atoms with Crippen LogP contribution < -0.4 is 0 Å². The molecule has 7 nitrogen and oxygen atoms in total. The van der Waals surface area contributed by atoms with Gasteiger partial charge in [-0.3, -0.25) is 4.40 Å². The lowest BCUT2D eigenvalue weighted by molar-refractivity contribution is -0.290. The first-order valence-corrected chi connectivity index (χ1v) is 10.3. The third-order valence-electron chi connectivity index (χ3n) is 5.52. The zero-order valence-electron chi connectivity index (χ0n) is 18.1. The molecule has 0 amide bonds. The summed E-state index contributed by atoms with van der Waals surface area (Å²) in [6.45, 7) is 0.487. The first-order chi connectivity index (χ1) is 16.7. The number of nitrogens with zero attached hydrogens (tertiary/aromatic N) is 5. The number of fused-ring (bicyclic) bond motifs is 3. The SMILES string of the molecule is COCCc1ccc(-c2cc(C(F)(F)C(F)(F)F)nc3c2ccc2nc(-c4nnco4)cn23)cc1. The summed E-state index contributed by atoms with van der Waals surface area (Å²) in [5.41, 5.74) is 0.477.